The van der Waals surface area contributed by atoms with Gasteiger partial charge in [0, 0.05) is 6.42 Å². The highest BCUT2D eigenvalue weighted by atomic mass is 16.7. The second-order valence-corrected chi connectivity index (χ2v) is 2.34. The molecule has 1 aliphatic heterocycles. The number of hydrogen-bond acceptors (Lipinski definition) is 3. The molecule has 0 radical (unpaired) electrons. The number of hydrogen-bond donors (Lipinski definition) is 0. The second-order valence-electron chi connectivity index (χ2n) is 2.34. The van der Waals surface area contributed by atoms with Crippen molar-refractivity contribution in [2.45, 2.75) is 32.5 Å². The second kappa shape index (κ2) is 2.25. The molecule has 3 nitrogen and oxygen atoms in total. The maximum Gasteiger partial charge on any atom is 0.508 e. The van der Waals surface area contributed by atoms with E-state index in [0.29, 0.717) is 0 Å². The normalized spacial score (nSPS) is 35.1. The summed E-state index contributed by atoms with van der Waals surface area (Å²) in [5.74, 6) is 0. The molecule has 1 rings (SSSR count). The third kappa shape index (κ3) is 1.59. The fourth-order valence-corrected chi connectivity index (χ4v) is 0.920. The minimum Gasteiger partial charge on any atom is -0.431 e. The van der Waals surface area contributed by atoms with Crippen molar-refractivity contribution in [1.82, 2.24) is 0 Å². The van der Waals surface area contributed by atoms with Gasteiger partial charge >= 0.3 is 6.16 Å². The fourth-order valence-electron chi connectivity index (χ4n) is 0.920. The van der Waals surface area contributed by atoms with E-state index in [-0.39, 0.29) is 12.2 Å². The van der Waals surface area contributed by atoms with Crippen molar-refractivity contribution < 1.29 is 14.3 Å². The summed E-state index contributed by atoms with van der Waals surface area (Å²) >= 11 is 0. The highest BCUT2D eigenvalue weighted by molar-refractivity contribution is 5.61. The standard InChI is InChI=1S/C6H10O3/c1-4-3-5(2)9-6(7)8-4/h4-5H,3H2,1-2H3/t4-,5-/m0/s1. The largest absolute Gasteiger partial charge is 0.508 e. The fraction of sp³-hybridized carbons (Fsp3) is 0.833. The Kier molecular flexibility index (Phi) is 1.60. The van der Waals surface area contributed by atoms with Crippen LogP contribution in [0.3, 0.4) is 0 Å². The molecule has 52 valence electrons. The number of carbonyl (C=O) groups is 1. The lowest BCUT2D eigenvalue weighted by atomic mass is 10.2. The molecule has 1 aliphatic rings. The Balaban J connectivity index is 2.43. The van der Waals surface area contributed by atoms with E-state index >= 15 is 0 Å². The molecular weight excluding hydrogens is 120 g/mol. The molecule has 2 atom stereocenters. The van der Waals surface area contributed by atoms with E-state index in [1.54, 1.807) is 0 Å². The summed E-state index contributed by atoms with van der Waals surface area (Å²) in [6.45, 7) is 3.72. The number of ether oxygens (including phenoxy) is 2. The van der Waals surface area contributed by atoms with Crippen LogP contribution in [0.15, 0.2) is 0 Å². The van der Waals surface area contributed by atoms with Gasteiger partial charge in [-0.3, -0.25) is 0 Å². The molecule has 0 aromatic carbocycles. The van der Waals surface area contributed by atoms with Gasteiger partial charge in [0.25, 0.3) is 0 Å². The van der Waals surface area contributed by atoms with Gasteiger partial charge in [0.05, 0.1) is 0 Å². The zero-order valence-corrected chi connectivity index (χ0v) is 5.59. The summed E-state index contributed by atoms with van der Waals surface area (Å²) in [5.41, 5.74) is 0. The van der Waals surface area contributed by atoms with E-state index in [1.807, 2.05) is 13.8 Å². The quantitative estimate of drug-likeness (QED) is 0.464. The summed E-state index contributed by atoms with van der Waals surface area (Å²) in [4.78, 5) is 10.4. The predicted molar refractivity (Wildman–Crippen MR) is 31.1 cm³/mol. The molecule has 0 aromatic heterocycles. The van der Waals surface area contributed by atoms with Crippen molar-refractivity contribution in [1.29, 1.82) is 0 Å². The molecule has 0 aromatic rings. The Labute approximate surface area is 53.9 Å². The lowest BCUT2D eigenvalue weighted by Gasteiger charge is -2.23. The number of rotatable bonds is 0. The smallest absolute Gasteiger partial charge is 0.431 e. The van der Waals surface area contributed by atoms with E-state index < -0.39 is 6.16 Å². The van der Waals surface area contributed by atoms with E-state index in [1.165, 1.54) is 0 Å². The van der Waals surface area contributed by atoms with Crippen LogP contribution in [0.4, 0.5) is 4.79 Å². The van der Waals surface area contributed by atoms with Gasteiger partial charge in [0.2, 0.25) is 0 Å². The van der Waals surface area contributed by atoms with E-state index in [2.05, 4.69) is 0 Å². The van der Waals surface area contributed by atoms with Crippen molar-refractivity contribution in [3.05, 3.63) is 0 Å². The molecule has 9 heavy (non-hydrogen) atoms. The zero-order chi connectivity index (χ0) is 6.85. The average molecular weight is 130 g/mol. The van der Waals surface area contributed by atoms with Gasteiger partial charge in [0.15, 0.2) is 0 Å². The highest BCUT2D eigenvalue weighted by Crippen LogP contribution is 2.13. The van der Waals surface area contributed by atoms with Gasteiger partial charge in [-0.2, -0.15) is 0 Å². The van der Waals surface area contributed by atoms with Crippen LogP contribution < -0.4 is 0 Å². The molecule has 0 saturated carbocycles. The van der Waals surface area contributed by atoms with Gasteiger partial charge in [-0.25, -0.2) is 4.79 Å². The van der Waals surface area contributed by atoms with Crippen LogP contribution in [0, 0.1) is 0 Å². The summed E-state index contributed by atoms with van der Waals surface area (Å²) in [7, 11) is 0. The molecule has 0 N–H and O–H groups in total. The van der Waals surface area contributed by atoms with Crippen LogP contribution in [-0.4, -0.2) is 18.4 Å². The zero-order valence-electron chi connectivity index (χ0n) is 5.59. The minimum absolute atomic E-state index is 0.0150. The van der Waals surface area contributed by atoms with Crippen LogP contribution >= 0.6 is 0 Å². The van der Waals surface area contributed by atoms with E-state index in [9.17, 15) is 4.79 Å². The minimum atomic E-state index is -0.541. The van der Waals surface area contributed by atoms with Gasteiger partial charge in [0.1, 0.15) is 12.2 Å². The van der Waals surface area contributed by atoms with Crippen LogP contribution in [0.1, 0.15) is 20.3 Å². The summed E-state index contributed by atoms with van der Waals surface area (Å²) in [6, 6.07) is 0. The van der Waals surface area contributed by atoms with Crippen molar-refractivity contribution in [2.24, 2.45) is 0 Å². The first-order chi connectivity index (χ1) is 4.18. The molecule has 0 aliphatic carbocycles. The maximum absolute atomic E-state index is 10.4. The molecule has 0 spiro atoms. The summed E-state index contributed by atoms with van der Waals surface area (Å²) < 4.78 is 9.39. The highest BCUT2D eigenvalue weighted by Gasteiger charge is 2.22. The topological polar surface area (TPSA) is 35.5 Å². The van der Waals surface area contributed by atoms with E-state index in [4.69, 9.17) is 9.47 Å². The van der Waals surface area contributed by atoms with Gasteiger partial charge < -0.3 is 9.47 Å². The third-order valence-corrected chi connectivity index (χ3v) is 1.26. The van der Waals surface area contributed by atoms with Crippen LogP contribution in [-0.2, 0) is 9.47 Å². The number of carbonyl (C=O) groups excluding carboxylic acids is 1. The SMILES string of the molecule is C[C@H]1C[C@H](C)OC(=O)O1. The third-order valence-electron chi connectivity index (χ3n) is 1.26. The van der Waals surface area contributed by atoms with Crippen molar-refractivity contribution in [3.63, 3.8) is 0 Å². The first kappa shape index (κ1) is 6.39. The molecule has 3 heteroatoms. The summed E-state index contributed by atoms with van der Waals surface area (Å²) in [5, 5.41) is 0. The molecule has 0 bridgehead atoms. The predicted octanol–water partition coefficient (Wildman–Crippen LogP) is 1.32. The first-order valence-corrected chi connectivity index (χ1v) is 3.05. The van der Waals surface area contributed by atoms with E-state index in [0.717, 1.165) is 6.42 Å². The van der Waals surface area contributed by atoms with Crippen LogP contribution in [0.5, 0.6) is 0 Å². The Morgan fingerprint density at radius 2 is 1.78 bits per heavy atom. The van der Waals surface area contributed by atoms with Crippen LogP contribution in [0.25, 0.3) is 0 Å². The Bertz CT molecular complexity index is 109. The lowest BCUT2D eigenvalue weighted by Crippen LogP contribution is -2.30. The van der Waals surface area contributed by atoms with Gasteiger partial charge in [-0.15, -0.1) is 0 Å². The molecule has 1 fully saturated rings. The average Bonchev–Trinajstić information content (AvgIpc) is 1.59. The van der Waals surface area contributed by atoms with Gasteiger partial charge in [-0.05, 0) is 13.8 Å². The van der Waals surface area contributed by atoms with Crippen molar-refractivity contribution in [2.75, 3.05) is 0 Å². The van der Waals surface area contributed by atoms with Crippen molar-refractivity contribution >= 4 is 6.16 Å². The molecule has 0 unspecified atom stereocenters. The van der Waals surface area contributed by atoms with Crippen LogP contribution in [0.2, 0.25) is 0 Å². The molecule has 1 heterocycles. The Morgan fingerprint density at radius 3 is 2.11 bits per heavy atom. The monoisotopic (exact) mass is 130 g/mol. The Hall–Kier alpha value is -0.730. The summed E-state index contributed by atoms with van der Waals surface area (Å²) in [6.07, 6.45) is 0.287. The van der Waals surface area contributed by atoms with Crippen molar-refractivity contribution in [3.8, 4) is 0 Å². The first-order valence-electron chi connectivity index (χ1n) is 3.05. The lowest BCUT2D eigenvalue weighted by molar-refractivity contribution is -0.0473. The Morgan fingerprint density at radius 1 is 1.33 bits per heavy atom. The number of cyclic esters (lactones) is 2. The molecular formula is C6H10O3. The molecule has 0 amide bonds. The van der Waals surface area contributed by atoms with Gasteiger partial charge in [-0.1, -0.05) is 0 Å². The maximum atomic E-state index is 10.4. The molecule has 1 saturated heterocycles.